The third-order valence-corrected chi connectivity index (χ3v) is 3.12. The lowest BCUT2D eigenvalue weighted by atomic mass is 10.1. The van der Waals surface area contributed by atoms with Gasteiger partial charge < -0.3 is 15.8 Å². The normalized spacial score (nSPS) is 10.8. The fraction of sp³-hybridized carbons (Fsp3) is 0.308. The molecule has 5 heteroatoms. The minimum absolute atomic E-state index is 0.737. The smallest absolute Gasteiger partial charge is 0.0954 e. The number of nitrogens with one attached hydrogen (secondary N) is 1. The second-order valence-corrected chi connectivity index (χ2v) is 4.94. The quantitative estimate of drug-likeness (QED) is 0.658. The minimum Gasteiger partial charge on any atom is -0.398 e. The number of anilines is 2. The molecule has 0 saturated heterocycles. The van der Waals surface area contributed by atoms with E-state index in [-0.39, 0.29) is 0 Å². The molecule has 0 aliphatic rings. The van der Waals surface area contributed by atoms with Crippen molar-refractivity contribution in [3.8, 4) is 0 Å². The molecule has 0 spiro atoms. The van der Waals surface area contributed by atoms with Gasteiger partial charge in [-0.25, -0.2) is 0 Å². The second kappa shape index (κ2) is 6.02. The maximum Gasteiger partial charge on any atom is 0.0954 e. The lowest BCUT2D eigenvalue weighted by molar-refractivity contribution is 0.198. The van der Waals surface area contributed by atoms with Gasteiger partial charge in [0.25, 0.3) is 0 Å². The Morgan fingerprint density at radius 1 is 1.44 bits per heavy atom. The van der Waals surface area contributed by atoms with Crippen LogP contribution in [0, 0.1) is 0 Å². The average Bonchev–Trinajstić information content (AvgIpc) is 2.37. The Morgan fingerprint density at radius 2 is 2.28 bits per heavy atom. The van der Waals surface area contributed by atoms with Gasteiger partial charge >= 0.3 is 0 Å². The van der Waals surface area contributed by atoms with Crippen LogP contribution in [0.4, 0.5) is 11.4 Å². The number of pyridine rings is 1. The molecule has 0 unspecified atom stereocenters. The summed E-state index contributed by atoms with van der Waals surface area (Å²) in [5.74, 6) is 0. The van der Waals surface area contributed by atoms with Crippen LogP contribution >= 0.6 is 15.9 Å². The van der Waals surface area contributed by atoms with E-state index in [9.17, 15) is 0 Å². The molecule has 1 heterocycles. The van der Waals surface area contributed by atoms with Gasteiger partial charge in [0.05, 0.1) is 11.2 Å². The maximum atomic E-state index is 5.96. The molecular weight excluding hydrogens is 294 g/mol. The number of fused-ring (bicyclic) bond motifs is 1. The van der Waals surface area contributed by atoms with Crippen molar-refractivity contribution in [2.24, 2.45) is 0 Å². The summed E-state index contributed by atoms with van der Waals surface area (Å²) >= 11 is 3.41. The van der Waals surface area contributed by atoms with Gasteiger partial charge in [0.1, 0.15) is 0 Å². The van der Waals surface area contributed by atoms with E-state index in [0.717, 1.165) is 46.3 Å². The zero-order valence-corrected chi connectivity index (χ0v) is 11.8. The number of benzene rings is 1. The summed E-state index contributed by atoms with van der Waals surface area (Å²) < 4.78 is 5.95. The first-order valence-electron chi connectivity index (χ1n) is 5.79. The van der Waals surface area contributed by atoms with Crippen LogP contribution in [-0.4, -0.2) is 25.2 Å². The van der Waals surface area contributed by atoms with E-state index in [2.05, 4.69) is 26.2 Å². The van der Waals surface area contributed by atoms with Gasteiger partial charge in [0, 0.05) is 42.0 Å². The van der Waals surface area contributed by atoms with Crippen molar-refractivity contribution < 1.29 is 4.74 Å². The number of aromatic nitrogens is 1. The van der Waals surface area contributed by atoms with Crippen molar-refractivity contribution in [1.29, 1.82) is 0 Å². The highest BCUT2D eigenvalue weighted by Gasteiger charge is 2.05. The van der Waals surface area contributed by atoms with Gasteiger partial charge in [-0.15, -0.1) is 0 Å². The molecule has 3 N–H and O–H groups in total. The zero-order valence-electron chi connectivity index (χ0n) is 10.2. The molecule has 18 heavy (non-hydrogen) atoms. The summed E-state index contributed by atoms with van der Waals surface area (Å²) in [6, 6.07) is 5.85. The molecule has 0 radical (unpaired) electrons. The molecule has 0 aliphatic carbocycles. The van der Waals surface area contributed by atoms with Crippen LogP contribution in [-0.2, 0) is 4.74 Å². The first-order valence-corrected chi connectivity index (χ1v) is 6.58. The molecule has 1 aromatic heterocycles. The number of nitrogen functional groups attached to an aromatic ring is 1. The molecule has 0 fully saturated rings. The third-order valence-electron chi connectivity index (χ3n) is 2.69. The highest BCUT2D eigenvalue weighted by atomic mass is 79.9. The molecule has 0 atom stereocenters. The van der Waals surface area contributed by atoms with Crippen LogP contribution in [0.1, 0.15) is 6.42 Å². The van der Waals surface area contributed by atoms with Gasteiger partial charge in [0.2, 0.25) is 0 Å². The minimum atomic E-state index is 0.737. The lowest BCUT2D eigenvalue weighted by Crippen LogP contribution is -2.05. The molecule has 0 aliphatic heterocycles. The van der Waals surface area contributed by atoms with E-state index < -0.39 is 0 Å². The number of halogens is 1. The van der Waals surface area contributed by atoms with Gasteiger partial charge in [0.15, 0.2) is 0 Å². The predicted molar refractivity (Wildman–Crippen MR) is 78.8 cm³/mol. The van der Waals surface area contributed by atoms with Gasteiger partial charge in [-0.3, -0.25) is 4.98 Å². The highest BCUT2D eigenvalue weighted by Crippen LogP contribution is 2.28. The Balaban J connectivity index is 2.25. The van der Waals surface area contributed by atoms with Crippen molar-refractivity contribution in [2.45, 2.75) is 6.42 Å². The highest BCUT2D eigenvalue weighted by molar-refractivity contribution is 9.10. The fourth-order valence-electron chi connectivity index (χ4n) is 1.80. The Hall–Kier alpha value is -1.33. The van der Waals surface area contributed by atoms with Crippen molar-refractivity contribution in [1.82, 2.24) is 4.98 Å². The van der Waals surface area contributed by atoms with E-state index >= 15 is 0 Å². The Labute approximate surface area is 115 Å². The first-order chi connectivity index (χ1) is 8.72. The zero-order chi connectivity index (χ0) is 13.0. The fourth-order valence-corrected chi connectivity index (χ4v) is 2.13. The molecular formula is C13H16BrN3O. The van der Waals surface area contributed by atoms with E-state index in [0.29, 0.717) is 0 Å². The van der Waals surface area contributed by atoms with Crippen molar-refractivity contribution in [2.75, 3.05) is 31.3 Å². The van der Waals surface area contributed by atoms with Crippen LogP contribution < -0.4 is 11.1 Å². The number of nitrogens with zero attached hydrogens (tertiary/aromatic N) is 1. The third kappa shape index (κ3) is 2.91. The first kappa shape index (κ1) is 13.1. The van der Waals surface area contributed by atoms with Crippen LogP contribution in [0.15, 0.2) is 28.9 Å². The number of hydrogen-bond donors (Lipinski definition) is 2. The molecule has 0 saturated carbocycles. The molecule has 0 bridgehead atoms. The monoisotopic (exact) mass is 309 g/mol. The lowest BCUT2D eigenvalue weighted by Gasteiger charge is -2.10. The Bertz CT molecular complexity index is 545. The summed E-state index contributed by atoms with van der Waals surface area (Å²) in [5.41, 5.74) is 8.60. The second-order valence-electron chi connectivity index (χ2n) is 4.03. The number of ether oxygens (including phenoxy) is 1. The van der Waals surface area contributed by atoms with Crippen molar-refractivity contribution >= 4 is 38.2 Å². The van der Waals surface area contributed by atoms with Crippen LogP contribution in [0.3, 0.4) is 0 Å². The number of rotatable bonds is 5. The number of methoxy groups -OCH3 is 1. The SMILES string of the molecule is COCCCNc1ccc(N)c2cc(Br)cnc12. The number of nitrogens with two attached hydrogens (primary N) is 1. The van der Waals surface area contributed by atoms with Crippen LogP contribution in [0.5, 0.6) is 0 Å². The van der Waals surface area contributed by atoms with Crippen LogP contribution in [0.25, 0.3) is 10.9 Å². The van der Waals surface area contributed by atoms with Crippen LogP contribution in [0.2, 0.25) is 0 Å². The average molecular weight is 310 g/mol. The maximum absolute atomic E-state index is 5.96. The van der Waals surface area contributed by atoms with Gasteiger partial charge in [-0.1, -0.05) is 0 Å². The number of hydrogen-bond acceptors (Lipinski definition) is 4. The molecule has 2 rings (SSSR count). The van der Waals surface area contributed by atoms with Gasteiger partial charge in [-0.05, 0) is 40.5 Å². The van der Waals surface area contributed by atoms with E-state index in [4.69, 9.17) is 10.5 Å². The van der Waals surface area contributed by atoms with E-state index in [1.165, 1.54) is 0 Å². The molecule has 2 aromatic rings. The van der Waals surface area contributed by atoms with Gasteiger partial charge in [-0.2, -0.15) is 0 Å². The van der Waals surface area contributed by atoms with E-state index in [1.54, 1.807) is 13.3 Å². The molecule has 0 amide bonds. The molecule has 1 aromatic carbocycles. The molecule has 96 valence electrons. The predicted octanol–water partition coefficient (Wildman–Crippen LogP) is 3.03. The Morgan fingerprint density at radius 3 is 3.06 bits per heavy atom. The summed E-state index contributed by atoms with van der Waals surface area (Å²) in [6.45, 7) is 1.60. The standard InChI is InChI=1S/C13H16BrN3O/c1-18-6-2-5-16-12-4-3-11(15)10-7-9(14)8-17-13(10)12/h3-4,7-8,16H,2,5-6,15H2,1H3. The summed E-state index contributed by atoms with van der Waals surface area (Å²) in [7, 11) is 1.71. The van der Waals surface area contributed by atoms with E-state index in [1.807, 2.05) is 18.2 Å². The Kier molecular flexibility index (Phi) is 4.38. The largest absolute Gasteiger partial charge is 0.398 e. The van der Waals surface area contributed by atoms with Crippen molar-refractivity contribution in [3.05, 3.63) is 28.9 Å². The summed E-state index contributed by atoms with van der Waals surface area (Å²) in [4.78, 5) is 4.42. The molecule has 4 nitrogen and oxygen atoms in total. The summed E-state index contributed by atoms with van der Waals surface area (Å²) in [6.07, 6.45) is 2.74. The topological polar surface area (TPSA) is 60.2 Å². The summed E-state index contributed by atoms with van der Waals surface area (Å²) in [5, 5.41) is 4.32. The van der Waals surface area contributed by atoms with Crippen molar-refractivity contribution in [3.63, 3.8) is 0 Å².